The number of esters is 1. The van der Waals surface area contributed by atoms with Gasteiger partial charge in [0.15, 0.2) is 6.10 Å². The molecule has 0 saturated carbocycles. The van der Waals surface area contributed by atoms with Gasteiger partial charge in [-0.1, -0.05) is 30.3 Å². The second-order valence-electron chi connectivity index (χ2n) is 5.56. The van der Waals surface area contributed by atoms with Crippen LogP contribution in [0, 0.1) is 6.92 Å². The smallest absolute Gasteiger partial charge is 0.333 e. The molecular weight excluding hydrogens is 320 g/mol. The molecule has 6 nitrogen and oxygen atoms in total. The molecule has 0 aliphatic rings. The maximum atomic E-state index is 12.7. The average Bonchev–Trinajstić information content (AvgIpc) is 2.55. The molecule has 0 bridgehead atoms. The minimum Gasteiger partial charge on any atom is -0.453 e. The molecule has 0 spiro atoms. The lowest BCUT2D eigenvalue weighted by Crippen LogP contribution is -2.46. The van der Waals surface area contributed by atoms with Gasteiger partial charge >= 0.3 is 12.0 Å². The molecule has 3 amide bonds. The zero-order chi connectivity index (χ0) is 18.4. The molecule has 0 heterocycles. The van der Waals surface area contributed by atoms with Crippen molar-refractivity contribution in [2.24, 2.45) is 0 Å². The summed E-state index contributed by atoms with van der Waals surface area (Å²) >= 11 is 0. The number of carbonyl (C=O) groups is 3. The molecule has 0 aliphatic carbocycles. The number of aryl methyl sites for hydroxylation is 1. The summed E-state index contributed by atoms with van der Waals surface area (Å²) in [5.74, 6) is -1.22. The van der Waals surface area contributed by atoms with Crippen LogP contribution in [0.4, 0.5) is 16.2 Å². The number of ether oxygens (including phenoxy) is 1. The third-order valence-corrected chi connectivity index (χ3v) is 3.40. The highest BCUT2D eigenvalue weighted by Crippen LogP contribution is 2.19. The van der Waals surface area contributed by atoms with E-state index in [1.54, 1.807) is 42.5 Å². The fraction of sp³-hybridized carbons (Fsp3) is 0.211. The molecule has 1 unspecified atom stereocenters. The van der Waals surface area contributed by atoms with Crippen LogP contribution < -0.4 is 10.2 Å². The number of amides is 3. The summed E-state index contributed by atoms with van der Waals surface area (Å²) in [5.41, 5.74) is 1.85. The highest BCUT2D eigenvalue weighted by Gasteiger charge is 2.29. The van der Waals surface area contributed by atoms with Gasteiger partial charge in [-0.25, -0.2) is 9.69 Å². The van der Waals surface area contributed by atoms with Crippen LogP contribution >= 0.6 is 0 Å². The highest BCUT2D eigenvalue weighted by atomic mass is 16.5. The summed E-state index contributed by atoms with van der Waals surface area (Å²) in [7, 11) is 0. The van der Waals surface area contributed by atoms with Crippen molar-refractivity contribution < 1.29 is 19.1 Å². The molecule has 130 valence electrons. The Kier molecular flexibility index (Phi) is 5.89. The first kappa shape index (κ1) is 18.2. The van der Waals surface area contributed by atoms with Crippen molar-refractivity contribution in [3.05, 3.63) is 60.2 Å². The van der Waals surface area contributed by atoms with Gasteiger partial charge in [-0.15, -0.1) is 0 Å². The Hall–Kier alpha value is -3.15. The fourth-order valence-electron chi connectivity index (χ4n) is 2.29. The summed E-state index contributed by atoms with van der Waals surface area (Å²) in [6.45, 7) is 4.50. The predicted octanol–water partition coefficient (Wildman–Crippen LogP) is 3.51. The van der Waals surface area contributed by atoms with E-state index in [9.17, 15) is 14.4 Å². The minimum atomic E-state index is -1.08. The van der Waals surface area contributed by atoms with Crippen LogP contribution in [0.2, 0.25) is 0 Å². The Labute approximate surface area is 146 Å². The van der Waals surface area contributed by atoms with Crippen LogP contribution in [0.15, 0.2) is 54.6 Å². The zero-order valence-corrected chi connectivity index (χ0v) is 14.4. The Morgan fingerprint density at radius 2 is 1.72 bits per heavy atom. The van der Waals surface area contributed by atoms with Crippen LogP contribution in [-0.2, 0) is 14.3 Å². The minimum absolute atomic E-state index is 0.400. The van der Waals surface area contributed by atoms with E-state index in [0.29, 0.717) is 11.4 Å². The van der Waals surface area contributed by atoms with Crippen molar-refractivity contribution in [3.8, 4) is 0 Å². The van der Waals surface area contributed by atoms with Gasteiger partial charge < -0.3 is 10.1 Å². The SMILES string of the molecule is CC(=O)OC(C)C(=O)N(C(=O)Nc1ccccc1)c1cccc(C)c1. The molecule has 0 radical (unpaired) electrons. The number of para-hydroxylation sites is 1. The number of hydrogen-bond donors (Lipinski definition) is 1. The van der Waals surface area contributed by atoms with Gasteiger partial charge in [0, 0.05) is 12.6 Å². The highest BCUT2D eigenvalue weighted by molar-refractivity contribution is 6.19. The number of nitrogens with one attached hydrogen (secondary N) is 1. The number of nitrogens with zero attached hydrogens (tertiary/aromatic N) is 1. The van der Waals surface area contributed by atoms with Gasteiger partial charge in [0.1, 0.15) is 0 Å². The van der Waals surface area contributed by atoms with Crippen molar-refractivity contribution in [2.75, 3.05) is 10.2 Å². The van der Waals surface area contributed by atoms with Crippen molar-refractivity contribution in [1.82, 2.24) is 0 Å². The average molecular weight is 340 g/mol. The van der Waals surface area contributed by atoms with Gasteiger partial charge in [-0.3, -0.25) is 9.59 Å². The predicted molar refractivity (Wildman–Crippen MR) is 95.4 cm³/mol. The van der Waals surface area contributed by atoms with Crippen molar-refractivity contribution >= 4 is 29.3 Å². The lowest BCUT2D eigenvalue weighted by Gasteiger charge is -2.24. The van der Waals surface area contributed by atoms with Crippen LogP contribution in [0.5, 0.6) is 0 Å². The molecule has 2 rings (SSSR count). The molecule has 25 heavy (non-hydrogen) atoms. The maximum absolute atomic E-state index is 12.7. The standard InChI is InChI=1S/C19H20N2O4/c1-13-8-7-11-17(12-13)21(18(23)14(2)25-15(3)22)19(24)20-16-9-5-4-6-10-16/h4-12,14H,1-3H3,(H,20,24). The van der Waals surface area contributed by atoms with Crippen molar-refractivity contribution in [1.29, 1.82) is 0 Å². The Balaban J connectivity index is 2.33. The van der Waals surface area contributed by atoms with Crippen LogP contribution in [-0.4, -0.2) is 24.0 Å². The largest absolute Gasteiger partial charge is 0.453 e. The van der Waals surface area contributed by atoms with E-state index in [-0.39, 0.29) is 0 Å². The molecule has 2 aromatic rings. The van der Waals surface area contributed by atoms with E-state index >= 15 is 0 Å². The summed E-state index contributed by atoms with van der Waals surface area (Å²) in [6.07, 6.45) is -1.08. The summed E-state index contributed by atoms with van der Waals surface area (Å²) in [4.78, 5) is 37.5. The summed E-state index contributed by atoms with van der Waals surface area (Å²) < 4.78 is 4.93. The molecule has 2 aromatic carbocycles. The number of imide groups is 1. The lowest BCUT2D eigenvalue weighted by molar-refractivity contribution is -0.151. The number of carbonyl (C=O) groups excluding carboxylic acids is 3. The van der Waals surface area contributed by atoms with Gasteiger partial charge in [-0.05, 0) is 43.7 Å². The summed E-state index contributed by atoms with van der Waals surface area (Å²) in [6, 6.07) is 15.1. The molecule has 1 N–H and O–H groups in total. The first-order chi connectivity index (χ1) is 11.9. The quantitative estimate of drug-likeness (QED) is 0.864. The van der Waals surface area contributed by atoms with E-state index in [2.05, 4.69) is 5.32 Å². The number of anilines is 2. The lowest BCUT2D eigenvalue weighted by atomic mass is 10.2. The topological polar surface area (TPSA) is 75.7 Å². The molecule has 0 fully saturated rings. The number of urea groups is 1. The van der Waals surface area contributed by atoms with Crippen LogP contribution in [0.1, 0.15) is 19.4 Å². The van der Waals surface area contributed by atoms with E-state index in [0.717, 1.165) is 10.5 Å². The first-order valence-corrected chi connectivity index (χ1v) is 7.82. The van der Waals surface area contributed by atoms with Gasteiger partial charge in [0.25, 0.3) is 5.91 Å². The Bertz CT molecular complexity index is 774. The summed E-state index contributed by atoms with van der Waals surface area (Å²) in [5, 5.41) is 2.67. The van der Waals surface area contributed by atoms with E-state index < -0.39 is 24.0 Å². The van der Waals surface area contributed by atoms with Crippen LogP contribution in [0.25, 0.3) is 0 Å². The van der Waals surface area contributed by atoms with E-state index in [1.807, 2.05) is 19.1 Å². The van der Waals surface area contributed by atoms with Gasteiger partial charge in [0.05, 0.1) is 5.69 Å². The van der Waals surface area contributed by atoms with Gasteiger partial charge in [-0.2, -0.15) is 0 Å². The van der Waals surface area contributed by atoms with E-state index in [4.69, 9.17) is 4.74 Å². The second-order valence-corrected chi connectivity index (χ2v) is 5.56. The maximum Gasteiger partial charge on any atom is 0.333 e. The molecule has 0 aliphatic heterocycles. The van der Waals surface area contributed by atoms with Crippen molar-refractivity contribution in [2.45, 2.75) is 26.9 Å². The van der Waals surface area contributed by atoms with E-state index in [1.165, 1.54) is 13.8 Å². The molecular formula is C19H20N2O4. The first-order valence-electron chi connectivity index (χ1n) is 7.82. The zero-order valence-electron chi connectivity index (χ0n) is 14.4. The normalized spacial score (nSPS) is 11.3. The van der Waals surface area contributed by atoms with Crippen LogP contribution in [0.3, 0.4) is 0 Å². The third kappa shape index (κ3) is 4.91. The van der Waals surface area contributed by atoms with Gasteiger partial charge in [0.2, 0.25) is 0 Å². The van der Waals surface area contributed by atoms with Crippen molar-refractivity contribution in [3.63, 3.8) is 0 Å². The number of benzene rings is 2. The molecule has 1 atom stereocenters. The third-order valence-electron chi connectivity index (χ3n) is 3.40. The number of rotatable bonds is 4. The number of hydrogen-bond acceptors (Lipinski definition) is 4. The Morgan fingerprint density at radius 1 is 1.04 bits per heavy atom. The monoisotopic (exact) mass is 340 g/mol. The Morgan fingerprint density at radius 3 is 2.32 bits per heavy atom. The second kappa shape index (κ2) is 8.10. The molecule has 0 saturated heterocycles. The molecule has 0 aromatic heterocycles. The fourth-order valence-corrected chi connectivity index (χ4v) is 2.29. The molecule has 6 heteroatoms.